The van der Waals surface area contributed by atoms with Crippen LogP contribution in [0.25, 0.3) is 0 Å². The van der Waals surface area contributed by atoms with Gasteiger partial charge >= 0.3 is 12.0 Å². The first-order valence-corrected chi connectivity index (χ1v) is 12.5. The molecule has 1 fully saturated rings. The Morgan fingerprint density at radius 3 is 2.31 bits per heavy atom. The Hall–Kier alpha value is -3.17. The van der Waals surface area contributed by atoms with Crippen molar-refractivity contribution in [3.8, 4) is 0 Å². The molecule has 188 valence electrons. The summed E-state index contributed by atoms with van der Waals surface area (Å²) >= 11 is 0. The molecule has 1 atom stereocenters. The Labute approximate surface area is 207 Å². The maximum atomic E-state index is 13.2. The molecule has 1 aromatic heterocycles. The Kier molecular flexibility index (Phi) is 8.20. The minimum atomic E-state index is -0.531. The molecule has 0 spiro atoms. The standard InChI is InChI=1S/C26H36N6O3/c1-4-31-18-20(16-27-31)17-29-12-14-30(15-13-29)19-22-23(25(33)35-6-3)24(21-10-8-7-9-11-21)28-26(34)32(22)5-2/h7-11,16,18,24H,4-6,12-15,17,19H2,1-3H3,(H,28,34)/t24-/m0/s1. The molecule has 0 saturated carbocycles. The number of urea groups is 1. The van der Waals surface area contributed by atoms with Crippen LogP contribution in [-0.2, 0) is 22.6 Å². The van der Waals surface area contributed by atoms with Crippen molar-refractivity contribution in [1.29, 1.82) is 0 Å². The molecule has 1 aromatic carbocycles. The van der Waals surface area contributed by atoms with Gasteiger partial charge in [0.25, 0.3) is 0 Å². The summed E-state index contributed by atoms with van der Waals surface area (Å²) in [6.07, 6.45) is 4.04. The third kappa shape index (κ3) is 5.74. The highest BCUT2D eigenvalue weighted by Crippen LogP contribution is 2.32. The number of amides is 2. The van der Waals surface area contributed by atoms with Crippen LogP contribution in [0.3, 0.4) is 0 Å². The van der Waals surface area contributed by atoms with E-state index in [1.807, 2.05) is 48.1 Å². The lowest BCUT2D eigenvalue weighted by Crippen LogP contribution is -2.53. The molecule has 1 saturated heterocycles. The maximum absolute atomic E-state index is 13.2. The molecule has 9 heteroatoms. The number of benzene rings is 1. The number of carbonyl (C=O) groups is 2. The SMILES string of the molecule is CCOC(=O)C1=C(CN2CCN(Cc3cnn(CC)c3)CC2)N(CC)C(=O)N[C@H]1c1ccccc1. The predicted molar refractivity (Wildman–Crippen MR) is 133 cm³/mol. The van der Waals surface area contributed by atoms with Crippen molar-refractivity contribution < 1.29 is 14.3 Å². The quantitative estimate of drug-likeness (QED) is 0.556. The Balaban J connectivity index is 1.54. The van der Waals surface area contributed by atoms with Crippen molar-refractivity contribution >= 4 is 12.0 Å². The molecule has 2 aromatic rings. The van der Waals surface area contributed by atoms with Crippen LogP contribution < -0.4 is 5.32 Å². The van der Waals surface area contributed by atoms with Crippen LogP contribution in [0.5, 0.6) is 0 Å². The van der Waals surface area contributed by atoms with Gasteiger partial charge in [-0.05, 0) is 26.3 Å². The Bertz CT molecular complexity index is 1040. The van der Waals surface area contributed by atoms with Gasteiger partial charge in [0.2, 0.25) is 0 Å². The smallest absolute Gasteiger partial charge is 0.338 e. The number of esters is 1. The molecule has 2 aliphatic heterocycles. The van der Waals surface area contributed by atoms with E-state index >= 15 is 0 Å². The number of aromatic nitrogens is 2. The summed E-state index contributed by atoms with van der Waals surface area (Å²) in [5.41, 5.74) is 3.35. The monoisotopic (exact) mass is 480 g/mol. The number of rotatable bonds is 9. The second kappa shape index (κ2) is 11.5. The number of nitrogens with zero attached hydrogens (tertiary/aromatic N) is 5. The van der Waals surface area contributed by atoms with Gasteiger partial charge in [-0.25, -0.2) is 9.59 Å². The minimum Gasteiger partial charge on any atom is -0.463 e. The zero-order valence-corrected chi connectivity index (χ0v) is 20.9. The maximum Gasteiger partial charge on any atom is 0.338 e. The number of hydrogen-bond donors (Lipinski definition) is 1. The molecule has 9 nitrogen and oxygen atoms in total. The van der Waals surface area contributed by atoms with Gasteiger partial charge in [-0.15, -0.1) is 0 Å². The third-order valence-electron chi connectivity index (χ3n) is 6.64. The van der Waals surface area contributed by atoms with Crippen molar-refractivity contribution in [3.63, 3.8) is 0 Å². The van der Waals surface area contributed by atoms with Crippen LogP contribution in [0.15, 0.2) is 54.0 Å². The van der Waals surface area contributed by atoms with E-state index in [0.29, 0.717) is 18.7 Å². The number of carbonyl (C=O) groups excluding carboxylic acids is 2. The normalized spacial score (nSPS) is 19.7. The lowest BCUT2D eigenvalue weighted by molar-refractivity contribution is -0.139. The molecule has 2 aliphatic rings. The Morgan fingerprint density at radius 1 is 1.03 bits per heavy atom. The van der Waals surface area contributed by atoms with Gasteiger partial charge in [-0.3, -0.25) is 19.4 Å². The van der Waals surface area contributed by atoms with Gasteiger partial charge < -0.3 is 10.1 Å². The largest absolute Gasteiger partial charge is 0.463 e. The van der Waals surface area contributed by atoms with Gasteiger partial charge in [0, 0.05) is 69.8 Å². The second-order valence-electron chi connectivity index (χ2n) is 8.87. The molecular weight excluding hydrogens is 444 g/mol. The predicted octanol–water partition coefficient (Wildman–Crippen LogP) is 2.62. The highest BCUT2D eigenvalue weighted by molar-refractivity contribution is 5.95. The Morgan fingerprint density at radius 2 is 1.71 bits per heavy atom. The fraction of sp³-hybridized carbons (Fsp3) is 0.500. The highest BCUT2D eigenvalue weighted by Gasteiger charge is 2.38. The summed E-state index contributed by atoms with van der Waals surface area (Å²) in [6.45, 7) is 12.4. The van der Waals surface area contributed by atoms with E-state index in [0.717, 1.165) is 50.5 Å². The first-order valence-electron chi connectivity index (χ1n) is 12.5. The average molecular weight is 481 g/mol. The van der Waals surface area contributed by atoms with E-state index in [9.17, 15) is 9.59 Å². The molecular formula is C26H36N6O3. The number of hydrogen-bond acceptors (Lipinski definition) is 6. The van der Waals surface area contributed by atoms with Crippen LogP contribution in [-0.4, -0.2) is 82.4 Å². The van der Waals surface area contributed by atoms with Crippen molar-refractivity contribution in [1.82, 2.24) is 29.8 Å². The lowest BCUT2D eigenvalue weighted by atomic mass is 9.94. The minimum absolute atomic E-state index is 0.184. The first kappa shape index (κ1) is 24.9. The lowest BCUT2D eigenvalue weighted by Gasteiger charge is -2.40. The summed E-state index contributed by atoms with van der Waals surface area (Å²) in [7, 11) is 0. The van der Waals surface area contributed by atoms with Gasteiger partial charge in [0.05, 0.1) is 24.4 Å². The van der Waals surface area contributed by atoms with E-state index < -0.39 is 6.04 Å². The van der Waals surface area contributed by atoms with Crippen molar-refractivity contribution in [2.24, 2.45) is 0 Å². The van der Waals surface area contributed by atoms with E-state index in [4.69, 9.17) is 4.74 Å². The summed E-state index contributed by atoms with van der Waals surface area (Å²) in [5, 5.41) is 7.40. The van der Waals surface area contributed by atoms with Crippen molar-refractivity contribution in [3.05, 3.63) is 65.1 Å². The fourth-order valence-corrected chi connectivity index (χ4v) is 4.79. The number of likely N-dealkylation sites (N-methyl/N-ethyl adjacent to an activating group) is 1. The highest BCUT2D eigenvalue weighted by atomic mass is 16.5. The summed E-state index contributed by atoms with van der Waals surface area (Å²) < 4.78 is 7.42. The average Bonchev–Trinajstić information content (AvgIpc) is 3.33. The molecule has 35 heavy (non-hydrogen) atoms. The van der Waals surface area contributed by atoms with Crippen LogP contribution in [0.4, 0.5) is 4.79 Å². The van der Waals surface area contributed by atoms with E-state index in [-0.39, 0.29) is 18.6 Å². The van der Waals surface area contributed by atoms with E-state index in [2.05, 4.69) is 33.3 Å². The molecule has 0 aliphatic carbocycles. The molecule has 2 amide bonds. The first-order chi connectivity index (χ1) is 17.0. The van der Waals surface area contributed by atoms with Gasteiger partial charge in [0.15, 0.2) is 0 Å². The molecule has 3 heterocycles. The third-order valence-corrected chi connectivity index (χ3v) is 6.64. The van der Waals surface area contributed by atoms with Crippen LogP contribution in [0.1, 0.15) is 37.9 Å². The topological polar surface area (TPSA) is 82.9 Å². The van der Waals surface area contributed by atoms with Gasteiger partial charge in [-0.2, -0.15) is 5.10 Å². The second-order valence-corrected chi connectivity index (χ2v) is 8.87. The number of nitrogens with one attached hydrogen (secondary N) is 1. The zero-order chi connectivity index (χ0) is 24.8. The van der Waals surface area contributed by atoms with Crippen molar-refractivity contribution in [2.75, 3.05) is 45.9 Å². The summed E-state index contributed by atoms with van der Waals surface area (Å²) in [6, 6.07) is 8.91. The van der Waals surface area contributed by atoms with Crippen LogP contribution in [0, 0.1) is 0 Å². The number of aryl methyl sites for hydroxylation is 1. The molecule has 1 N–H and O–H groups in total. The molecule has 0 radical (unpaired) electrons. The molecule has 0 bridgehead atoms. The van der Waals surface area contributed by atoms with E-state index in [1.165, 1.54) is 5.56 Å². The van der Waals surface area contributed by atoms with Gasteiger partial charge in [0.1, 0.15) is 0 Å². The fourth-order valence-electron chi connectivity index (χ4n) is 4.79. The van der Waals surface area contributed by atoms with Crippen molar-refractivity contribution in [2.45, 2.75) is 39.9 Å². The van der Waals surface area contributed by atoms with Crippen LogP contribution in [0.2, 0.25) is 0 Å². The number of ether oxygens (including phenoxy) is 1. The van der Waals surface area contributed by atoms with Crippen LogP contribution >= 0.6 is 0 Å². The van der Waals surface area contributed by atoms with Gasteiger partial charge in [-0.1, -0.05) is 30.3 Å². The summed E-state index contributed by atoms with van der Waals surface area (Å²) in [4.78, 5) is 32.7. The zero-order valence-electron chi connectivity index (χ0n) is 20.9. The van der Waals surface area contributed by atoms with E-state index in [1.54, 1.807) is 11.8 Å². The molecule has 0 unspecified atom stereocenters. The number of piperazine rings is 1. The molecule has 4 rings (SSSR count). The summed E-state index contributed by atoms with van der Waals surface area (Å²) in [5.74, 6) is -0.374.